The van der Waals surface area contributed by atoms with Crippen molar-refractivity contribution in [3.05, 3.63) is 59.9 Å². The smallest absolute Gasteiger partial charge is 0.327 e. The van der Waals surface area contributed by atoms with E-state index in [4.69, 9.17) is 4.74 Å². The molecule has 0 fully saturated rings. The van der Waals surface area contributed by atoms with Gasteiger partial charge in [-0.25, -0.2) is 4.79 Å². The Bertz CT molecular complexity index is 480. The van der Waals surface area contributed by atoms with E-state index >= 15 is 0 Å². The molecule has 1 aromatic carbocycles. The van der Waals surface area contributed by atoms with Gasteiger partial charge in [0, 0.05) is 18.4 Å². The predicted molar refractivity (Wildman–Crippen MR) is 68.8 cm³/mol. The summed E-state index contributed by atoms with van der Waals surface area (Å²) in [5.74, 6) is -0.284. The standard InChI is InChI=1S/C14H16N2O2/c1-18-14(17)13(11-6-3-2-4-7-11)16-10-12-8-5-9-15-12/h2-9,13,15-16H,10H2,1H3. The van der Waals surface area contributed by atoms with Crippen LogP contribution in [0.5, 0.6) is 0 Å². The van der Waals surface area contributed by atoms with Crippen LogP contribution >= 0.6 is 0 Å². The predicted octanol–water partition coefficient (Wildman–Crippen LogP) is 2.02. The number of carbonyl (C=O) groups excluding carboxylic acids is 1. The van der Waals surface area contributed by atoms with Gasteiger partial charge < -0.3 is 9.72 Å². The van der Waals surface area contributed by atoms with Crippen LogP contribution in [0.4, 0.5) is 0 Å². The first-order chi connectivity index (χ1) is 8.81. The van der Waals surface area contributed by atoms with Crippen molar-refractivity contribution in [2.45, 2.75) is 12.6 Å². The molecule has 0 saturated heterocycles. The third-order valence-corrected chi connectivity index (χ3v) is 2.73. The molecule has 2 N–H and O–H groups in total. The highest BCUT2D eigenvalue weighted by Crippen LogP contribution is 2.14. The molecule has 0 aliphatic carbocycles. The number of aromatic nitrogens is 1. The number of carbonyl (C=O) groups is 1. The van der Waals surface area contributed by atoms with Gasteiger partial charge in [-0.15, -0.1) is 0 Å². The van der Waals surface area contributed by atoms with Crippen molar-refractivity contribution in [3.63, 3.8) is 0 Å². The van der Waals surface area contributed by atoms with Gasteiger partial charge in [-0.05, 0) is 17.7 Å². The second-order valence-corrected chi connectivity index (χ2v) is 3.94. The summed E-state index contributed by atoms with van der Waals surface area (Å²) in [4.78, 5) is 14.9. The number of benzene rings is 1. The molecule has 4 heteroatoms. The molecule has 0 aliphatic rings. The van der Waals surface area contributed by atoms with Crippen molar-refractivity contribution >= 4 is 5.97 Å². The molecule has 4 nitrogen and oxygen atoms in total. The Balaban J connectivity index is 2.09. The third-order valence-electron chi connectivity index (χ3n) is 2.73. The van der Waals surface area contributed by atoms with Crippen molar-refractivity contribution in [3.8, 4) is 0 Å². The van der Waals surface area contributed by atoms with Crippen LogP contribution in [0.2, 0.25) is 0 Å². The van der Waals surface area contributed by atoms with Crippen LogP contribution in [0.3, 0.4) is 0 Å². The summed E-state index contributed by atoms with van der Waals surface area (Å²) in [6, 6.07) is 13.0. The summed E-state index contributed by atoms with van der Waals surface area (Å²) in [5.41, 5.74) is 1.93. The van der Waals surface area contributed by atoms with E-state index in [1.54, 1.807) is 0 Å². The quantitative estimate of drug-likeness (QED) is 0.791. The first kappa shape index (κ1) is 12.4. The minimum absolute atomic E-state index is 0.284. The SMILES string of the molecule is COC(=O)C(NCc1ccc[nH]1)c1ccccc1. The van der Waals surface area contributed by atoms with Crippen LogP contribution in [-0.4, -0.2) is 18.1 Å². The Kier molecular flexibility index (Phi) is 4.15. The van der Waals surface area contributed by atoms with Crippen molar-refractivity contribution in [1.29, 1.82) is 0 Å². The lowest BCUT2D eigenvalue weighted by molar-refractivity contribution is -0.143. The Hall–Kier alpha value is -2.07. The molecule has 94 valence electrons. The van der Waals surface area contributed by atoms with Crippen molar-refractivity contribution in [1.82, 2.24) is 10.3 Å². The molecule has 1 aromatic heterocycles. The molecular weight excluding hydrogens is 228 g/mol. The monoisotopic (exact) mass is 244 g/mol. The molecule has 1 unspecified atom stereocenters. The van der Waals surface area contributed by atoms with E-state index in [-0.39, 0.29) is 5.97 Å². The zero-order valence-electron chi connectivity index (χ0n) is 10.2. The first-order valence-corrected chi connectivity index (χ1v) is 5.79. The topological polar surface area (TPSA) is 54.1 Å². The molecule has 0 saturated carbocycles. The minimum atomic E-state index is -0.445. The average Bonchev–Trinajstić information content (AvgIpc) is 2.93. The number of methoxy groups -OCH3 is 1. The maximum absolute atomic E-state index is 11.8. The highest BCUT2D eigenvalue weighted by atomic mass is 16.5. The molecule has 0 bridgehead atoms. The number of ether oxygens (including phenoxy) is 1. The molecule has 2 aromatic rings. The number of rotatable bonds is 5. The van der Waals surface area contributed by atoms with Gasteiger partial charge in [0.2, 0.25) is 0 Å². The van der Waals surface area contributed by atoms with Crippen LogP contribution < -0.4 is 5.32 Å². The van der Waals surface area contributed by atoms with E-state index < -0.39 is 6.04 Å². The van der Waals surface area contributed by atoms with Crippen LogP contribution in [0, 0.1) is 0 Å². The number of hydrogen-bond acceptors (Lipinski definition) is 3. The van der Waals surface area contributed by atoms with Crippen LogP contribution in [-0.2, 0) is 16.1 Å². The van der Waals surface area contributed by atoms with Gasteiger partial charge in [-0.3, -0.25) is 5.32 Å². The summed E-state index contributed by atoms with van der Waals surface area (Å²) in [6.45, 7) is 0.585. The first-order valence-electron chi connectivity index (χ1n) is 5.79. The Morgan fingerprint density at radius 1 is 1.28 bits per heavy atom. The highest BCUT2D eigenvalue weighted by molar-refractivity contribution is 5.77. The molecule has 18 heavy (non-hydrogen) atoms. The van der Waals surface area contributed by atoms with Gasteiger partial charge in [-0.1, -0.05) is 30.3 Å². The zero-order valence-corrected chi connectivity index (χ0v) is 10.2. The van der Waals surface area contributed by atoms with E-state index in [0.717, 1.165) is 11.3 Å². The van der Waals surface area contributed by atoms with Crippen LogP contribution in [0.15, 0.2) is 48.7 Å². The van der Waals surface area contributed by atoms with E-state index in [2.05, 4.69) is 10.3 Å². The van der Waals surface area contributed by atoms with Crippen molar-refractivity contribution < 1.29 is 9.53 Å². The minimum Gasteiger partial charge on any atom is -0.468 e. The number of nitrogens with one attached hydrogen (secondary N) is 2. The van der Waals surface area contributed by atoms with Crippen LogP contribution in [0.1, 0.15) is 17.3 Å². The second kappa shape index (κ2) is 6.02. The normalized spacial score (nSPS) is 12.1. The molecular formula is C14H16N2O2. The van der Waals surface area contributed by atoms with Gasteiger partial charge in [-0.2, -0.15) is 0 Å². The Morgan fingerprint density at radius 2 is 2.06 bits per heavy atom. The molecule has 0 radical (unpaired) electrons. The molecule has 0 amide bonds. The fourth-order valence-electron chi connectivity index (χ4n) is 1.79. The van der Waals surface area contributed by atoms with Crippen molar-refractivity contribution in [2.75, 3.05) is 7.11 Å². The van der Waals surface area contributed by atoms with Gasteiger partial charge in [0.15, 0.2) is 0 Å². The Labute approximate surface area is 106 Å². The summed E-state index contributed by atoms with van der Waals surface area (Å²) in [5, 5.41) is 3.18. The fourth-order valence-corrected chi connectivity index (χ4v) is 1.79. The van der Waals surface area contributed by atoms with Crippen molar-refractivity contribution in [2.24, 2.45) is 0 Å². The van der Waals surface area contributed by atoms with E-state index in [1.807, 2.05) is 48.7 Å². The zero-order chi connectivity index (χ0) is 12.8. The number of esters is 1. The van der Waals surface area contributed by atoms with Gasteiger partial charge in [0.1, 0.15) is 6.04 Å². The van der Waals surface area contributed by atoms with E-state index in [0.29, 0.717) is 6.54 Å². The fraction of sp³-hybridized carbons (Fsp3) is 0.214. The summed E-state index contributed by atoms with van der Waals surface area (Å²) in [7, 11) is 1.40. The summed E-state index contributed by atoms with van der Waals surface area (Å²) >= 11 is 0. The number of H-pyrrole nitrogens is 1. The summed E-state index contributed by atoms with van der Waals surface area (Å²) < 4.78 is 4.83. The maximum atomic E-state index is 11.8. The molecule has 2 rings (SSSR count). The molecule has 0 spiro atoms. The average molecular weight is 244 g/mol. The molecule has 1 heterocycles. The van der Waals surface area contributed by atoms with Crippen LogP contribution in [0.25, 0.3) is 0 Å². The van der Waals surface area contributed by atoms with Gasteiger partial charge in [0.05, 0.1) is 7.11 Å². The number of aromatic amines is 1. The van der Waals surface area contributed by atoms with Gasteiger partial charge in [0.25, 0.3) is 0 Å². The van der Waals surface area contributed by atoms with E-state index in [9.17, 15) is 4.79 Å². The highest BCUT2D eigenvalue weighted by Gasteiger charge is 2.20. The largest absolute Gasteiger partial charge is 0.468 e. The second-order valence-electron chi connectivity index (χ2n) is 3.94. The van der Waals surface area contributed by atoms with Gasteiger partial charge >= 0.3 is 5.97 Å². The lowest BCUT2D eigenvalue weighted by Crippen LogP contribution is -2.29. The lowest BCUT2D eigenvalue weighted by Gasteiger charge is -2.16. The van der Waals surface area contributed by atoms with E-state index in [1.165, 1.54) is 7.11 Å². The third kappa shape index (κ3) is 2.99. The summed E-state index contributed by atoms with van der Waals surface area (Å²) in [6.07, 6.45) is 1.85. The molecule has 0 aliphatic heterocycles. The Morgan fingerprint density at radius 3 is 2.67 bits per heavy atom. The number of hydrogen-bond donors (Lipinski definition) is 2. The lowest BCUT2D eigenvalue weighted by atomic mass is 10.1. The molecule has 1 atom stereocenters. The maximum Gasteiger partial charge on any atom is 0.327 e.